The Labute approximate surface area is 190 Å². The zero-order chi connectivity index (χ0) is 22.8. The summed E-state index contributed by atoms with van der Waals surface area (Å²) in [6, 6.07) is 16.7. The van der Waals surface area contributed by atoms with Crippen LogP contribution in [0.4, 0.5) is 21.6 Å². The molecule has 3 N–H and O–H groups in total. The SMILES string of the molecule is O=C(Nc1cc(-c2cc(Nc3ccncn3)c(=O)[nH]n2)ccc1F)c1cc2ccccc2s1. The Kier molecular flexibility index (Phi) is 5.33. The molecule has 33 heavy (non-hydrogen) atoms. The molecule has 1 amide bonds. The van der Waals surface area contributed by atoms with Crippen molar-refractivity contribution in [2.45, 2.75) is 0 Å². The number of nitrogens with zero attached hydrogens (tertiary/aromatic N) is 3. The van der Waals surface area contributed by atoms with E-state index in [0.29, 0.717) is 22.0 Å². The highest BCUT2D eigenvalue weighted by molar-refractivity contribution is 7.20. The van der Waals surface area contributed by atoms with Crippen molar-refractivity contribution in [1.82, 2.24) is 20.2 Å². The predicted molar refractivity (Wildman–Crippen MR) is 125 cm³/mol. The maximum absolute atomic E-state index is 14.5. The Morgan fingerprint density at radius 2 is 1.91 bits per heavy atom. The molecule has 0 saturated carbocycles. The summed E-state index contributed by atoms with van der Waals surface area (Å²) < 4.78 is 15.5. The number of fused-ring (bicyclic) bond motifs is 1. The van der Waals surface area contributed by atoms with Gasteiger partial charge in [0.2, 0.25) is 0 Å². The number of aromatic nitrogens is 4. The van der Waals surface area contributed by atoms with Gasteiger partial charge in [-0.25, -0.2) is 19.5 Å². The van der Waals surface area contributed by atoms with Crippen LogP contribution >= 0.6 is 11.3 Å². The molecule has 8 nitrogen and oxygen atoms in total. The van der Waals surface area contributed by atoms with Crippen LogP contribution in [0, 0.1) is 5.82 Å². The molecule has 2 aromatic carbocycles. The maximum Gasteiger partial charge on any atom is 0.287 e. The second-order valence-corrected chi connectivity index (χ2v) is 8.10. The lowest BCUT2D eigenvalue weighted by molar-refractivity contribution is 0.103. The van der Waals surface area contributed by atoms with Gasteiger partial charge in [-0.1, -0.05) is 18.2 Å². The number of carbonyl (C=O) groups excluding carboxylic acids is 1. The number of hydrogen-bond acceptors (Lipinski definition) is 7. The standard InChI is InChI=1S/C23H15FN6O2S/c24-15-6-5-13(16-11-18(22(31)30-29-16)27-21-7-8-25-12-26-21)9-17(15)28-23(32)20-10-14-3-1-2-4-19(14)33-20/h1-12H,(H,28,32)(H,30,31)(H,25,26,27,29). The van der Waals surface area contributed by atoms with E-state index in [-0.39, 0.29) is 11.4 Å². The van der Waals surface area contributed by atoms with Gasteiger partial charge < -0.3 is 10.6 Å². The lowest BCUT2D eigenvalue weighted by Gasteiger charge is -2.09. The molecular formula is C23H15FN6O2S. The lowest BCUT2D eigenvalue weighted by Crippen LogP contribution is -2.14. The van der Waals surface area contributed by atoms with E-state index in [1.165, 1.54) is 48.1 Å². The van der Waals surface area contributed by atoms with E-state index in [0.717, 1.165) is 10.1 Å². The Balaban J connectivity index is 1.43. The van der Waals surface area contributed by atoms with Crippen LogP contribution < -0.4 is 16.2 Å². The highest BCUT2D eigenvalue weighted by Gasteiger charge is 2.15. The summed E-state index contributed by atoms with van der Waals surface area (Å²) in [4.78, 5) is 33.2. The van der Waals surface area contributed by atoms with Crippen LogP contribution in [0.5, 0.6) is 0 Å². The van der Waals surface area contributed by atoms with Gasteiger partial charge in [0.05, 0.1) is 16.3 Å². The Hall–Kier alpha value is -4.44. The zero-order valence-corrected chi connectivity index (χ0v) is 17.7. The molecular weight excluding hydrogens is 443 g/mol. The first kappa shape index (κ1) is 20.5. The molecule has 0 unspecified atom stereocenters. The number of thiophene rings is 1. The molecule has 5 rings (SSSR count). The normalized spacial score (nSPS) is 10.8. The maximum atomic E-state index is 14.5. The summed E-state index contributed by atoms with van der Waals surface area (Å²) in [5, 5.41) is 12.9. The number of H-pyrrole nitrogens is 1. The monoisotopic (exact) mass is 458 g/mol. The molecule has 0 saturated heterocycles. The molecule has 3 heterocycles. The van der Waals surface area contributed by atoms with Crippen LogP contribution in [0.3, 0.4) is 0 Å². The van der Waals surface area contributed by atoms with Crippen LogP contribution in [0.15, 0.2) is 78.0 Å². The Bertz CT molecular complexity index is 1500. The molecule has 0 aliphatic heterocycles. The van der Waals surface area contributed by atoms with Crippen molar-refractivity contribution in [1.29, 1.82) is 0 Å². The summed E-state index contributed by atoms with van der Waals surface area (Å²) in [6.45, 7) is 0. The van der Waals surface area contributed by atoms with E-state index in [9.17, 15) is 14.0 Å². The number of rotatable bonds is 5. The lowest BCUT2D eigenvalue weighted by atomic mass is 10.1. The van der Waals surface area contributed by atoms with Gasteiger partial charge in [-0.05, 0) is 47.9 Å². The average Bonchev–Trinajstić information content (AvgIpc) is 3.27. The molecule has 10 heteroatoms. The van der Waals surface area contributed by atoms with Crippen molar-refractivity contribution >= 4 is 44.5 Å². The van der Waals surface area contributed by atoms with Gasteiger partial charge in [0.1, 0.15) is 23.6 Å². The molecule has 0 fully saturated rings. The molecule has 0 radical (unpaired) electrons. The van der Waals surface area contributed by atoms with Gasteiger partial charge in [-0.15, -0.1) is 11.3 Å². The first-order valence-electron chi connectivity index (χ1n) is 9.79. The number of benzene rings is 2. The minimum absolute atomic E-state index is 0.00765. The van der Waals surface area contributed by atoms with E-state index in [1.54, 1.807) is 12.1 Å². The second kappa shape index (κ2) is 8.60. The fourth-order valence-corrected chi connectivity index (χ4v) is 4.17. The van der Waals surface area contributed by atoms with Crippen LogP contribution in [0.25, 0.3) is 21.3 Å². The van der Waals surface area contributed by atoms with Crippen molar-refractivity contribution in [2.75, 3.05) is 10.6 Å². The van der Waals surface area contributed by atoms with Gasteiger partial charge in [0, 0.05) is 16.5 Å². The summed E-state index contributed by atoms with van der Waals surface area (Å²) in [6.07, 6.45) is 2.89. The molecule has 0 aliphatic rings. The van der Waals surface area contributed by atoms with Crippen molar-refractivity contribution in [3.05, 3.63) is 94.2 Å². The zero-order valence-electron chi connectivity index (χ0n) is 16.9. The van der Waals surface area contributed by atoms with Gasteiger partial charge in [0.25, 0.3) is 11.5 Å². The van der Waals surface area contributed by atoms with Crippen molar-refractivity contribution < 1.29 is 9.18 Å². The van der Waals surface area contributed by atoms with Crippen LogP contribution in [0.2, 0.25) is 0 Å². The first-order valence-corrected chi connectivity index (χ1v) is 10.6. The summed E-state index contributed by atoms with van der Waals surface area (Å²) in [7, 11) is 0. The minimum Gasteiger partial charge on any atom is -0.336 e. The average molecular weight is 458 g/mol. The fourth-order valence-electron chi connectivity index (χ4n) is 3.21. The number of nitrogens with one attached hydrogen (secondary N) is 3. The van der Waals surface area contributed by atoms with Crippen molar-refractivity contribution in [2.24, 2.45) is 0 Å². The molecule has 162 valence electrons. The van der Waals surface area contributed by atoms with E-state index in [1.807, 2.05) is 24.3 Å². The number of aromatic amines is 1. The quantitative estimate of drug-likeness (QED) is 0.355. The summed E-state index contributed by atoms with van der Waals surface area (Å²) in [5.74, 6) is -0.562. The van der Waals surface area contributed by atoms with Gasteiger partial charge in [-0.2, -0.15) is 5.10 Å². The van der Waals surface area contributed by atoms with E-state index in [2.05, 4.69) is 30.8 Å². The first-order chi connectivity index (χ1) is 16.1. The number of carbonyl (C=O) groups is 1. The third-order valence-corrected chi connectivity index (χ3v) is 5.92. The van der Waals surface area contributed by atoms with Crippen LogP contribution in [-0.4, -0.2) is 26.1 Å². The fraction of sp³-hybridized carbons (Fsp3) is 0. The topological polar surface area (TPSA) is 113 Å². The van der Waals surface area contributed by atoms with E-state index in [4.69, 9.17) is 0 Å². The molecule has 0 aliphatic carbocycles. The van der Waals surface area contributed by atoms with Crippen LogP contribution in [0.1, 0.15) is 9.67 Å². The Morgan fingerprint density at radius 3 is 2.73 bits per heavy atom. The number of amides is 1. The number of anilines is 3. The highest BCUT2D eigenvalue weighted by atomic mass is 32.1. The van der Waals surface area contributed by atoms with E-state index >= 15 is 0 Å². The molecule has 0 bridgehead atoms. The van der Waals surface area contributed by atoms with Crippen LogP contribution in [-0.2, 0) is 0 Å². The van der Waals surface area contributed by atoms with Gasteiger partial charge in [0.15, 0.2) is 0 Å². The minimum atomic E-state index is -0.586. The summed E-state index contributed by atoms with van der Waals surface area (Å²) >= 11 is 1.33. The largest absolute Gasteiger partial charge is 0.336 e. The summed E-state index contributed by atoms with van der Waals surface area (Å²) in [5.41, 5.74) is 0.651. The predicted octanol–water partition coefficient (Wildman–Crippen LogP) is 4.58. The van der Waals surface area contributed by atoms with E-state index < -0.39 is 17.3 Å². The van der Waals surface area contributed by atoms with Crippen molar-refractivity contribution in [3.63, 3.8) is 0 Å². The molecule has 0 spiro atoms. The van der Waals surface area contributed by atoms with Gasteiger partial charge >= 0.3 is 0 Å². The molecule has 5 aromatic rings. The number of halogens is 1. The van der Waals surface area contributed by atoms with Gasteiger partial charge in [-0.3, -0.25) is 9.59 Å². The molecule has 3 aromatic heterocycles. The Morgan fingerprint density at radius 1 is 1.03 bits per heavy atom. The number of hydrogen-bond donors (Lipinski definition) is 3. The smallest absolute Gasteiger partial charge is 0.287 e. The third kappa shape index (κ3) is 4.32. The molecule has 0 atom stereocenters. The second-order valence-electron chi connectivity index (χ2n) is 7.01. The highest BCUT2D eigenvalue weighted by Crippen LogP contribution is 2.28. The van der Waals surface area contributed by atoms with Crippen molar-refractivity contribution in [3.8, 4) is 11.3 Å². The third-order valence-electron chi connectivity index (χ3n) is 4.81.